The second-order valence-corrected chi connectivity index (χ2v) is 5.83. The number of piperidine rings is 1. The van der Waals surface area contributed by atoms with Crippen molar-refractivity contribution in [2.75, 3.05) is 13.1 Å². The number of aromatic nitrogens is 1. The van der Waals surface area contributed by atoms with Crippen LogP contribution in [0, 0.1) is 13.8 Å². The number of nitrogens with zero attached hydrogens (tertiary/aromatic N) is 1. The summed E-state index contributed by atoms with van der Waals surface area (Å²) < 4.78 is 6.15. The van der Waals surface area contributed by atoms with Gasteiger partial charge in [0.1, 0.15) is 5.52 Å². The number of nitrogens with one attached hydrogen (secondary N) is 1. The van der Waals surface area contributed by atoms with Gasteiger partial charge in [-0.25, -0.2) is 4.98 Å². The lowest BCUT2D eigenvalue weighted by Crippen LogP contribution is -2.39. The Morgan fingerprint density at radius 2 is 2.00 bits per heavy atom. The van der Waals surface area contributed by atoms with Gasteiger partial charge in [0.25, 0.3) is 0 Å². The van der Waals surface area contributed by atoms with E-state index >= 15 is 0 Å². The zero-order valence-corrected chi connectivity index (χ0v) is 12.0. The van der Waals surface area contributed by atoms with Gasteiger partial charge < -0.3 is 9.73 Å². The van der Waals surface area contributed by atoms with Crippen LogP contribution in [0.2, 0.25) is 0 Å². The smallest absolute Gasteiger partial charge is 0.201 e. The van der Waals surface area contributed by atoms with Crippen molar-refractivity contribution < 1.29 is 4.42 Å². The lowest BCUT2D eigenvalue weighted by Gasteiger charge is -2.33. The molecule has 0 spiro atoms. The quantitative estimate of drug-likeness (QED) is 0.896. The zero-order valence-electron chi connectivity index (χ0n) is 12.0. The molecule has 3 rings (SSSR count). The van der Waals surface area contributed by atoms with Crippen LogP contribution in [-0.2, 0) is 5.41 Å². The third-order valence-corrected chi connectivity index (χ3v) is 4.51. The van der Waals surface area contributed by atoms with E-state index in [9.17, 15) is 0 Å². The third-order valence-electron chi connectivity index (χ3n) is 4.51. The lowest BCUT2D eigenvalue weighted by atomic mass is 9.76. The van der Waals surface area contributed by atoms with Gasteiger partial charge in [-0.1, -0.05) is 13.0 Å². The summed E-state index contributed by atoms with van der Waals surface area (Å²) in [6.07, 6.45) is 3.34. The van der Waals surface area contributed by atoms with Crippen molar-refractivity contribution in [1.29, 1.82) is 0 Å². The van der Waals surface area contributed by atoms with Crippen LogP contribution in [0.25, 0.3) is 11.1 Å². The maximum Gasteiger partial charge on any atom is 0.201 e. The molecule has 1 fully saturated rings. The Hall–Kier alpha value is -1.35. The van der Waals surface area contributed by atoms with Crippen LogP contribution in [-0.4, -0.2) is 18.1 Å². The fraction of sp³-hybridized carbons (Fsp3) is 0.562. The molecule has 0 atom stereocenters. The topological polar surface area (TPSA) is 38.1 Å². The highest BCUT2D eigenvalue weighted by atomic mass is 16.3. The maximum atomic E-state index is 6.15. The fourth-order valence-corrected chi connectivity index (χ4v) is 3.23. The molecule has 3 heteroatoms. The standard InChI is InChI=1S/C16H22N2O/c1-4-16(5-7-17-8-6-16)15-18-13-10-11(2)9-12(3)14(13)19-15/h9-10,17H,4-8H2,1-3H3. The molecular formula is C16H22N2O. The first-order valence-electron chi connectivity index (χ1n) is 7.24. The molecule has 102 valence electrons. The summed E-state index contributed by atoms with van der Waals surface area (Å²) in [6.45, 7) is 8.58. The largest absolute Gasteiger partial charge is 0.440 e. The molecular weight excluding hydrogens is 236 g/mol. The Bertz CT molecular complexity index is 594. The first-order chi connectivity index (χ1) is 9.14. The predicted molar refractivity (Wildman–Crippen MR) is 77.6 cm³/mol. The van der Waals surface area contributed by atoms with E-state index in [1.165, 1.54) is 11.1 Å². The number of hydrogen-bond acceptors (Lipinski definition) is 3. The summed E-state index contributed by atoms with van der Waals surface area (Å²) in [4.78, 5) is 4.81. The van der Waals surface area contributed by atoms with Gasteiger partial charge in [0, 0.05) is 5.41 Å². The van der Waals surface area contributed by atoms with E-state index in [2.05, 4.69) is 38.2 Å². The number of fused-ring (bicyclic) bond motifs is 1. The molecule has 2 heterocycles. The van der Waals surface area contributed by atoms with Crippen LogP contribution in [0.5, 0.6) is 0 Å². The summed E-state index contributed by atoms with van der Waals surface area (Å²) >= 11 is 0. The van der Waals surface area contributed by atoms with Gasteiger partial charge in [-0.3, -0.25) is 0 Å². The molecule has 1 aromatic heterocycles. The lowest BCUT2D eigenvalue weighted by molar-refractivity contribution is 0.243. The summed E-state index contributed by atoms with van der Waals surface area (Å²) in [5.74, 6) is 0.945. The monoisotopic (exact) mass is 258 g/mol. The highest BCUT2D eigenvalue weighted by molar-refractivity contribution is 5.77. The van der Waals surface area contributed by atoms with Crippen LogP contribution in [0.15, 0.2) is 16.5 Å². The highest BCUT2D eigenvalue weighted by Crippen LogP contribution is 2.38. The average Bonchev–Trinajstić information content (AvgIpc) is 2.84. The summed E-state index contributed by atoms with van der Waals surface area (Å²) in [5, 5.41) is 3.43. The number of benzene rings is 1. The summed E-state index contributed by atoms with van der Waals surface area (Å²) in [5.41, 5.74) is 4.55. The van der Waals surface area contributed by atoms with E-state index < -0.39 is 0 Å². The van der Waals surface area contributed by atoms with Gasteiger partial charge in [-0.2, -0.15) is 0 Å². The molecule has 1 N–H and O–H groups in total. The highest BCUT2D eigenvalue weighted by Gasteiger charge is 2.37. The Morgan fingerprint density at radius 1 is 1.26 bits per heavy atom. The molecule has 1 saturated heterocycles. The number of hydrogen-bond donors (Lipinski definition) is 1. The Morgan fingerprint density at radius 3 is 2.68 bits per heavy atom. The van der Waals surface area contributed by atoms with Crippen LogP contribution < -0.4 is 5.32 Å². The molecule has 1 aliphatic heterocycles. The molecule has 0 aliphatic carbocycles. The molecule has 0 bridgehead atoms. The van der Waals surface area contributed by atoms with Crippen molar-refractivity contribution in [3.8, 4) is 0 Å². The van der Waals surface area contributed by atoms with Gasteiger partial charge in [-0.15, -0.1) is 0 Å². The van der Waals surface area contributed by atoms with Crippen LogP contribution >= 0.6 is 0 Å². The predicted octanol–water partition coefficient (Wildman–Crippen LogP) is 3.48. The van der Waals surface area contributed by atoms with E-state index in [1.54, 1.807) is 0 Å². The molecule has 3 nitrogen and oxygen atoms in total. The number of aryl methyl sites for hydroxylation is 2. The van der Waals surface area contributed by atoms with E-state index in [-0.39, 0.29) is 5.41 Å². The van der Waals surface area contributed by atoms with Gasteiger partial charge >= 0.3 is 0 Å². The molecule has 19 heavy (non-hydrogen) atoms. The first kappa shape index (κ1) is 12.7. The number of rotatable bonds is 2. The minimum Gasteiger partial charge on any atom is -0.440 e. The van der Waals surface area contributed by atoms with Crippen molar-refractivity contribution in [1.82, 2.24) is 10.3 Å². The van der Waals surface area contributed by atoms with Crippen LogP contribution in [0.3, 0.4) is 0 Å². The third kappa shape index (κ3) is 2.06. The number of oxazole rings is 1. The maximum absolute atomic E-state index is 6.15. The minimum absolute atomic E-state index is 0.130. The van der Waals surface area contributed by atoms with Gasteiger partial charge in [-0.05, 0) is 63.4 Å². The van der Waals surface area contributed by atoms with E-state index in [4.69, 9.17) is 9.40 Å². The SMILES string of the molecule is CCC1(c2nc3cc(C)cc(C)c3o2)CCNCC1. The van der Waals surface area contributed by atoms with Crippen molar-refractivity contribution in [2.24, 2.45) is 0 Å². The van der Waals surface area contributed by atoms with E-state index in [0.717, 1.165) is 49.3 Å². The van der Waals surface area contributed by atoms with Gasteiger partial charge in [0.15, 0.2) is 5.58 Å². The zero-order chi connectivity index (χ0) is 13.5. The van der Waals surface area contributed by atoms with Gasteiger partial charge in [0.05, 0.1) is 0 Å². The molecule has 1 aromatic carbocycles. The Kier molecular flexibility index (Phi) is 3.09. The van der Waals surface area contributed by atoms with Crippen molar-refractivity contribution in [3.63, 3.8) is 0 Å². The van der Waals surface area contributed by atoms with Crippen molar-refractivity contribution >= 4 is 11.1 Å². The van der Waals surface area contributed by atoms with Crippen LogP contribution in [0.1, 0.15) is 43.2 Å². The molecule has 0 amide bonds. The molecule has 0 radical (unpaired) electrons. The van der Waals surface area contributed by atoms with E-state index in [0.29, 0.717) is 0 Å². The normalized spacial score (nSPS) is 18.9. The second-order valence-electron chi connectivity index (χ2n) is 5.83. The van der Waals surface area contributed by atoms with Crippen LogP contribution in [0.4, 0.5) is 0 Å². The second kappa shape index (κ2) is 4.64. The molecule has 1 aliphatic rings. The average molecular weight is 258 g/mol. The Labute approximate surface area is 114 Å². The fourth-order valence-electron chi connectivity index (χ4n) is 3.23. The summed E-state index contributed by atoms with van der Waals surface area (Å²) in [7, 11) is 0. The van der Waals surface area contributed by atoms with Crippen molar-refractivity contribution in [3.05, 3.63) is 29.2 Å². The minimum atomic E-state index is 0.130. The Balaban J connectivity index is 2.11. The molecule has 0 unspecified atom stereocenters. The van der Waals surface area contributed by atoms with Crippen molar-refractivity contribution in [2.45, 2.75) is 45.4 Å². The van der Waals surface area contributed by atoms with Gasteiger partial charge in [0.2, 0.25) is 5.89 Å². The molecule has 0 saturated carbocycles. The molecule has 2 aromatic rings. The first-order valence-corrected chi connectivity index (χ1v) is 7.24. The summed E-state index contributed by atoms with van der Waals surface area (Å²) in [6, 6.07) is 4.29. The van der Waals surface area contributed by atoms with E-state index in [1.807, 2.05) is 0 Å².